The molecule has 1 heterocycles. The highest BCUT2D eigenvalue weighted by Gasteiger charge is 2.37. The fourth-order valence-electron chi connectivity index (χ4n) is 3.34. The molecule has 0 aromatic heterocycles. The van der Waals surface area contributed by atoms with E-state index in [2.05, 4.69) is 5.32 Å². The highest BCUT2D eigenvalue weighted by Crippen LogP contribution is 2.36. The third-order valence-electron chi connectivity index (χ3n) is 5.14. The van der Waals surface area contributed by atoms with Crippen LogP contribution in [0.1, 0.15) is 19.8 Å². The van der Waals surface area contributed by atoms with Crippen molar-refractivity contribution in [3.05, 3.63) is 24.3 Å². The lowest BCUT2D eigenvalue weighted by molar-refractivity contribution is -0.133. The number of anilines is 2. The number of carbonyl (C=O) groups excluding carboxylic acids is 3. The van der Waals surface area contributed by atoms with Gasteiger partial charge in [-0.1, -0.05) is 12.1 Å². The Morgan fingerprint density at radius 2 is 1.87 bits per heavy atom. The summed E-state index contributed by atoms with van der Waals surface area (Å²) in [7, 11) is 1.80. The van der Waals surface area contributed by atoms with Crippen molar-refractivity contribution in [2.24, 2.45) is 5.92 Å². The number of hydrogen-bond acceptors (Lipinski definition) is 5. The molecule has 2 aliphatic rings. The smallest absolute Gasteiger partial charge is 0.408 e. The van der Waals surface area contributed by atoms with Crippen molar-refractivity contribution < 1.29 is 32.3 Å². The molecule has 1 aromatic carbocycles. The highest BCUT2D eigenvalue weighted by atomic mass is 19.4. The summed E-state index contributed by atoms with van der Waals surface area (Å²) < 4.78 is 41.3. The number of rotatable bonds is 6. The van der Waals surface area contributed by atoms with Crippen molar-refractivity contribution in [1.82, 2.24) is 10.6 Å². The van der Waals surface area contributed by atoms with Crippen molar-refractivity contribution in [3.63, 3.8) is 0 Å². The van der Waals surface area contributed by atoms with Gasteiger partial charge < -0.3 is 25.2 Å². The summed E-state index contributed by atoms with van der Waals surface area (Å²) in [5.41, 5.74) is 1.61. The van der Waals surface area contributed by atoms with Gasteiger partial charge in [-0.2, -0.15) is 13.2 Å². The molecule has 0 spiro atoms. The average molecular weight is 442 g/mol. The molecule has 0 bridgehead atoms. The maximum absolute atomic E-state index is 13.2. The molecule has 1 fully saturated rings. The number of ether oxygens (including phenoxy) is 1. The van der Waals surface area contributed by atoms with E-state index in [0.717, 1.165) is 24.2 Å². The van der Waals surface area contributed by atoms with Crippen LogP contribution in [0.4, 0.5) is 29.3 Å². The van der Waals surface area contributed by atoms with Gasteiger partial charge in [-0.15, -0.1) is 0 Å². The monoisotopic (exact) mass is 442 g/mol. The molecule has 2 N–H and O–H groups in total. The number of hydrogen-bond donors (Lipinski definition) is 2. The molecule has 2 atom stereocenters. The molecule has 3 rings (SSSR count). The number of amides is 3. The lowest BCUT2D eigenvalue weighted by Crippen LogP contribution is -2.54. The number of benzene rings is 1. The first-order valence-corrected chi connectivity index (χ1v) is 9.98. The Bertz CT molecular complexity index is 844. The summed E-state index contributed by atoms with van der Waals surface area (Å²) in [5.74, 6) is -0.645. The molecule has 11 heteroatoms. The first-order chi connectivity index (χ1) is 14.5. The summed E-state index contributed by atoms with van der Waals surface area (Å²) in [6.45, 7) is 0.391. The Balaban J connectivity index is 1.67. The van der Waals surface area contributed by atoms with Gasteiger partial charge in [-0.25, -0.2) is 4.79 Å². The predicted octanol–water partition coefficient (Wildman–Crippen LogP) is 2.04. The summed E-state index contributed by atoms with van der Waals surface area (Å²) in [5, 5.41) is 4.11. The number of para-hydroxylation sites is 2. The molecular weight excluding hydrogens is 417 g/mol. The normalized spacial score (nSPS) is 19.9. The fraction of sp³-hybridized carbons (Fsp3) is 0.550. The maximum Gasteiger partial charge on any atom is 0.408 e. The molecule has 0 saturated heterocycles. The van der Waals surface area contributed by atoms with Crippen LogP contribution in [0.2, 0.25) is 0 Å². The van der Waals surface area contributed by atoms with Crippen LogP contribution in [-0.4, -0.2) is 62.9 Å². The number of fused-ring (bicyclic) bond motifs is 1. The zero-order chi connectivity index (χ0) is 22.8. The number of likely N-dealkylation sites (N-methyl/N-ethyl adjacent to an activating group) is 1. The van der Waals surface area contributed by atoms with Gasteiger partial charge in [0, 0.05) is 20.1 Å². The number of alkyl carbamates (subject to hydrolysis) is 1. The maximum atomic E-state index is 13.2. The van der Waals surface area contributed by atoms with Crippen LogP contribution in [0.25, 0.3) is 0 Å². The number of nitrogens with zero attached hydrogens (tertiary/aromatic N) is 2. The van der Waals surface area contributed by atoms with Crippen molar-refractivity contribution in [1.29, 1.82) is 0 Å². The molecule has 1 saturated carbocycles. The number of alkyl halides is 3. The van der Waals surface area contributed by atoms with Crippen LogP contribution in [0.5, 0.6) is 0 Å². The minimum atomic E-state index is -4.60. The van der Waals surface area contributed by atoms with Crippen LogP contribution in [0.15, 0.2) is 24.3 Å². The molecule has 8 nitrogen and oxygen atoms in total. The summed E-state index contributed by atoms with van der Waals surface area (Å²) in [6, 6.07) is 6.54. The quantitative estimate of drug-likeness (QED) is 0.704. The second-order valence-corrected chi connectivity index (χ2v) is 7.84. The summed E-state index contributed by atoms with van der Waals surface area (Å²) >= 11 is 0. The lowest BCUT2D eigenvalue weighted by atomic mass is 10.2. The largest absolute Gasteiger partial charge is 0.436 e. The van der Waals surface area contributed by atoms with E-state index >= 15 is 0 Å². The van der Waals surface area contributed by atoms with Gasteiger partial charge in [-0.3, -0.25) is 9.59 Å². The summed E-state index contributed by atoms with van der Waals surface area (Å²) in [4.78, 5) is 40.8. The minimum Gasteiger partial charge on any atom is -0.436 e. The SMILES string of the molecule is C[C@H](OC(=O)NCC(F)(F)F)C(=O)N[C@H]1CN(C)c2ccccc2N(CC2CC2)C1=O. The molecule has 1 aliphatic carbocycles. The molecule has 1 aromatic rings. The van der Waals surface area contributed by atoms with Crippen LogP contribution >= 0.6 is 0 Å². The first kappa shape index (κ1) is 22.7. The summed E-state index contributed by atoms with van der Waals surface area (Å²) in [6.07, 6.45) is -5.27. The first-order valence-electron chi connectivity index (χ1n) is 9.98. The van der Waals surface area contributed by atoms with Crippen LogP contribution < -0.4 is 20.4 Å². The number of halogens is 3. The van der Waals surface area contributed by atoms with E-state index in [4.69, 9.17) is 4.74 Å². The lowest BCUT2D eigenvalue weighted by Gasteiger charge is -2.26. The van der Waals surface area contributed by atoms with Gasteiger partial charge in [0.25, 0.3) is 11.8 Å². The Kier molecular flexibility index (Phi) is 6.61. The van der Waals surface area contributed by atoms with Gasteiger partial charge >= 0.3 is 12.3 Å². The molecule has 31 heavy (non-hydrogen) atoms. The van der Waals surface area contributed by atoms with E-state index in [1.807, 2.05) is 29.2 Å². The molecular formula is C20H25F3N4O4. The average Bonchev–Trinajstić information content (AvgIpc) is 3.53. The molecule has 3 amide bonds. The van der Waals surface area contributed by atoms with E-state index < -0.39 is 36.9 Å². The van der Waals surface area contributed by atoms with Crippen molar-refractivity contribution >= 4 is 29.3 Å². The second-order valence-electron chi connectivity index (χ2n) is 7.84. The van der Waals surface area contributed by atoms with Crippen molar-refractivity contribution in [2.75, 3.05) is 36.5 Å². The molecule has 0 unspecified atom stereocenters. The second kappa shape index (κ2) is 9.03. The van der Waals surface area contributed by atoms with E-state index in [1.54, 1.807) is 11.9 Å². The standard InChI is InChI=1S/C20H25F3N4O4/c1-12(31-19(30)24-11-20(21,22)23)17(28)25-14-10-26(2)15-5-3-4-6-16(15)27(18(14)29)9-13-7-8-13/h3-6,12-14H,7-11H2,1-2H3,(H,24,30)(H,25,28)/t12-,14-/m0/s1. The van der Waals surface area contributed by atoms with Gasteiger partial charge in [0.2, 0.25) is 0 Å². The van der Waals surface area contributed by atoms with Gasteiger partial charge in [0.15, 0.2) is 6.10 Å². The number of carbonyl (C=O) groups is 3. The number of nitrogens with one attached hydrogen (secondary N) is 2. The zero-order valence-electron chi connectivity index (χ0n) is 17.2. The fourth-order valence-corrected chi connectivity index (χ4v) is 3.34. The third-order valence-corrected chi connectivity index (χ3v) is 5.14. The van der Waals surface area contributed by atoms with E-state index in [9.17, 15) is 27.6 Å². The highest BCUT2D eigenvalue weighted by molar-refractivity contribution is 6.03. The van der Waals surface area contributed by atoms with E-state index in [1.165, 1.54) is 12.2 Å². The molecule has 170 valence electrons. The van der Waals surface area contributed by atoms with Gasteiger partial charge in [0.05, 0.1) is 11.4 Å². The molecule has 0 radical (unpaired) electrons. The molecule has 1 aliphatic heterocycles. The van der Waals surface area contributed by atoms with Crippen molar-refractivity contribution in [3.8, 4) is 0 Å². The third kappa shape index (κ3) is 6.02. The Labute approximate surface area is 177 Å². The zero-order valence-corrected chi connectivity index (χ0v) is 17.2. The predicted molar refractivity (Wildman–Crippen MR) is 107 cm³/mol. The Hall–Kier alpha value is -2.98. The minimum absolute atomic E-state index is 0.190. The van der Waals surface area contributed by atoms with Crippen LogP contribution in [0, 0.1) is 5.92 Å². The van der Waals surface area contributed by atoms with E-state index in [-0.39, 0.29) is 12.5 Å². The Morgan fingerprint density at radius 1 is 1.23 bits per heavy atom. The Morgan fingerprint density at radius 3 is 2.48 bits per heavy atom. The topological polar surface area (TPSA) is 91.0 Å². The van der Waals surface area contributed by atoms with Crippen LogP contribution in [0.3, 0.4) is 0 Å². The van der Waals surface area contributed by atoms with Crippen molar-refractivity contribution in [2.45, 2.75) is 38.1 Å². The van der Waals surface area contributed by atoms with Gasteiger partial charge in [-0.05, 0) is 37.8 Å². The van der Waals surface area contributed by atoms with Gasteiger partial charge in [0.1, 0.15) is 12.6 Å². The van der Waals surface area contributed by atoms with E-state index in [0.29, 0.717) is 12.5 Å². The van der Waals surface area contributed by atoms with Crippen LogP contribution in [-0.2, 0) is 14.3 Å².